The first-order valence-corrected chi connectivity index (χ1v) is 12.7. The fourth-order valence-corrected chi connectivity index (χ4v) is 4.82. The third-order valence-electron chi connectivity index (χ3n) is 5.45. The molecule has 1 amide bonds. The minimum absolute atomic E-state index is 0.0141. The molecule has 0 spiro atoms. The Bertz CT molecular complexity index is 902. The van der Waals surface area contributed by atoms with Crippen molar-refractivity contribution >= 4 is 15.9 Å². The van der Waals surface area contributed by atoms with Gasteiger partial charge in [0.1, 0.15) is 5.75 Å². The van der Waals surface area contributed by atoms with Gasteiger partial charge in [0.05, 0.1) is 31.8 Å². The maximum atomic E-state index is 13.0. The number of benzene rings is 1. The van der Waals surface area contributed by atoms with Gasteiger partial charge in [-0.05, 0) is 42.2 Å². The Labute approximate surface area is 201 Å². The van der Waals surface area contributed by atoms with Gasteiger partial charge in [-0.25, -0.2) is 8.42 Å². The molecular formula is C23H36N2O8S. The molecule has 0 aromatic heterocycles. The Balaban J connectivity index is 2.02. The molecular weight excluding hydrogens is 464 g/mol. The van der Waals surface area contributed by atoms with Crippen LogP contribution in [0.15, 0.2) is 41.0 Å². The summed E-state index contributed by atoms with van der Waals surface area (Å²) in [6, 6.07) is 6.04. The number of methoxy groups -OCH3 is 2. The van der Waals surface area contributed by atoms with E-state index in [1.165, 1.54) is 19.2 Å². The van der Waals surface area contributed by atoms with E-state index < -0.39 is 16.3 Å². The maximum absolute atomic E-state index is 13.0. The second kappa shape index (κ2) is 13.6. The molecule has 11 heteroatoms. The Morgan fingerprint density at radius 3 is 2.50 bits per heavy atom. The third-order valence-corrected chi connectivity index (χ3v) is 7.36. The summed E-state index contributed by atoms with van der Waals surface area (Å²) < 4.78 is 48.8. The number of amides is 1. The van der Waals surface area contributed by atoms with E-state index in [1.807, 2.05) is 0 Å². The Morgan fingerprint density at radius 2 is 1.91 bits per heavy atom. The highest BCUT2D eigenvalue weighted by Crippen LogP contribution is 2.29. The highest BCUT2D eigenvalue weighted by molar-refractivity contribution is 7.89. The smallest absolute Gasteiger partial charge is 0.286 e. The molecule has 0 saturated heterocycles. The molecule has 1 heterocycles. The van der Waals surface area contributed by atoms with E-state index in [2.05, 4.69) is 19.2 Å². The third kappa shape index (κ3) is 7.95. The molecule has 1 aromatic carbocycles. The molecule has 0 saturated carbocycles. The number of hydrogen-bond donors (Lipinski definition) is 2. The van der Waals surface area contributed by atoms with Crippen molar-refractivity contribution in [3.05, 3.63) is 36.1 Å². The zero-order valence-electron chi connectivity index (χ0n) is 20.2. The van der Waals surface area contributed by atoms with Crippen molar-refractivity contribution in [1.29, 1.82) is 0 Å². The first kappa shape index (κ1) is 28.1. The second-order valence-electron chi connectivity index (χ2n) is 8.14. The summed E-state index contributed by atoms with van der Waals surface area (Å²) in [6.07, 6.45) is 1.65. The minimum Gasteiger partial charge on any atom is -0.497 e. The van der Waals surface area contributed by atoms with Crippen molar-refractivity contribution in [3.63, 3.8) is 0 Å². The van der Waals surface area contributed by atoms with Crippen LogP contribution in [0.4, 0.5) is 0 Å². The molecule has 2 unspecified atom stereocenters. The average molecular weight is 501 g/mol. The lowest BCUT2D eigenvalue weighted by atomic mass is 9.90. The fraction of sp³-hybridized carbons (Fsp3) is 0.609. The van der Waals surface area contributed by atoms with Crippen molar-refractivity contribution < 1.29 is 37.3 Å². The van der Waals surface area contributed by atoms with Crippen LogP contribution >= 0.6 is 0 Å². The Hall–Kier alpha value is -2.18. The normalized spacial score (nSPS) is 18.5. The number of aliphatic hydroxyl groups is 1. The van der Waals surface area contributed by atoms with Gasteiger partial charge in [-0.2, -0.15) is 4.31 Å². The number of hydrogen-bond acceptors (Lipinski definition) is 8. The molecule has 1 aliphatic heterocycles. The summed E-state index contributed by atoms with van der Waals surface area (Å²) in [5, 5.41) is 12.1. The van der Waals surface area contributed by atoms with Gasteiger partial charge < -0.3 is 29.4 Å². The molecule has 2 atom stereocenters. The second-order valence-corrected chi connectivity index (χ2v) is 10.1. The van der Waals surface area contributed by atoms with E-state index in [0.29, 0.717) is 25.3 Å². The molecule has 1 aliphatic rings. The molecule has 34 heavy (non-hydrogen) atoms. The molecule has 0 aliphatic carbocycles. The quantitative estimate of drug-likeness (QED) is 0.367. The van der Waals surface area contributed by atoms with Gasteiger partial charge in [0.15, 0.2) is 5.76 Å². The van der Waals surface area contributed by atoms with E-state index in [9.17, 15) is 18.3 Å². The highest BCUT2D eigenvalue weighted by atomic mass is 32.2. The number of rotatable bonds is 14. The number of carbonyl (C=O) groups is 1. The van der Waals surface area contributed by atoms with Crippen LogP contribution in [0.5, 0.6) is 5.75 Å². The summed E-state index contributed by atoms with van der Waals surface area (Å²) in [4.78, 5) is 12.5. The largest absolute Gasteiger partial charge is 0.497 e. The lowest BCUT2D eigenvalue weighted by molar-refractivity contribution is -0.150. The SMILES string of the molecule is COCCNC(=O)C1=CC(C(C)C)CC(OCCN(CCO)S(=O)(=O)c2ccc(OC)cc2)O1. The van der Waals surface area contributed by atoms with Crippen molar-refractivity contribution in [2.24, 2.45) is 11.8 Å². The number of allylic oxidation sites excluding steroid dienone is 1. The summed E-state index contributed by atoms with van der Waals surface area (Å²) in [5.41, 5.74) is 0. The van der Waals surface area contributed by atoms with E-state index in [-0.39, 0.29) is 54.7 Å². The summed E-state index contributed by atoms with van der Waals surface area (Å²) >= 11 is 0. The lowest BCUT2D eigenvalue weighted by Crippen LogP contribution is -2.39. The van der Waals surface area contributed by atoms with Crippen LogP contribution in [0, 0.1) is 11.8 Å². The van der Waals surface area contributed by atoms with Gasteiger partial charge in [-0.1, -0.05) is 13.8 Å². The van der Waals surface area contributed by atoms with Gasteiger partial charge in [-0.3, -0.25) is 4.79 Å². The van der Waals surface area contributed by atoms with E-state index in [1.54, 1.807) is 25.3 Å². The predicted molar refractivity (Wildman–Crippen MR) is 126 cm³/mol. The van der Waals surface area contributed by atoms with E-state index in [0.717, 1.165) is 4.31 Å². The van der Waals surface area contributed by atoms with Crippen LogP contribution in [-0.2, 0) is 29.0 Å². The van der Waals surface area contributed by atoms with Crippen molar-refractivity contribution in [3.8, 4) is 5.75 Å². The van der Waals surface area contributed by atoms with Crippen LogP contribution in [0.1, 0.15) is 20.3 Å². The van der Waals surface area contributed by atoms with Gasteiger partial charge in [0.2, 0.25) is 16.3 Å². The van der Waals surface area contributed by atoms with Crippen LogP contribution in [0.2, 0.25) is 0 Å². The van der Waals surface area contributed by atoms with E-state index in [4.69, 9.17) is 18.9 Å². The molecule has 1 aromatic rings. The maximum Gasteiger partial charge on any atom is 0.286 e. The lowest BCUT2D eigenvalue weighted by Gasteiger charge is -2.31. The minimum atomic E-state index is -3.84. The van der Waals surface area contributed by atoms with Gasteiger partial charge >= 0.3 is 0 Å². The Kier molecular flexibility index (Phi) is 11.3. The molecule has 2 N–H and O–H groups in total. The predicted octanol–water partition coefficient (Wildman–Crippen LogP) is 1.36. The standard InChI is InChI=1S/C23H36N2O8S/c1-17(2)18-15-21(23(27)24-9-13-30-3)33-22(16-18)32-14-11-25(10-12-26)34(28,29)20-7-5-19(31-4)6-8-20/h5-8,15,17-18,22,26H,9-14,16H2,1-4H3,(H,24,27). The summed E-state index contributed by atoms with van der Waals surface area (Å²) in [5.74, 6) is 0.709. The van der Waals surface area contributed by atoms with Crippen molar-refractivity contribution in [2.75, 3.05) is 53.7 Å². The van der Waals surface area contributed by atoms with Gasteiger partial charge in [0.25, 0.3) is 5.91 Å². The summed E-state index contributed by atoms with van der Waals surface area (Å²) in [6.45, 7) is 4.47. The highest BCUT2D eigenvalue weighted by Gasteiger charge is 2.30. The average Bonchev–Trinajstić information content (AvgIpc) is 2.83. The van der Waals surface area contributed by atoms with Crippen LogP contribution < -0.4 is 10.1 Å². The van der Waals surface area contributed by atoms with Gasteiger partial charge in [-0.15, -0.1) is 0 Å². The number of ether oxygens (including phenoxy) is 4. The first-order chi connectivity index (χ1) is 16.2. The monoisotopic (exact) mass is 500 g/mol. The summed E-state index contributed by atoms with van der Waals surface area (Å²) in [7, 11) is -0.791. The fourth-order valence-electron chi connectivity index (χ4n) is 3.41. The molecule has 192 valence electrons. The molecule has 0 bridgehead atoms. The van der Waals surface area contributed by atoms with Crippen molar-refractivity contribution in [1.82, 2.24) is 9.62 Å². The van der Waals surface area contributed by atoms with E-state index >= 15 is 0 Å². The molecule has 0 radical (unpaired) electrons. The Morgan fingerprint density at radius 1 is 1.21 bits per heavy atom. The molecule has 10 nitrogen and oxygen atoms in total. The van der Waals surface area contributed by atoms with Crippen molar-refractivity contribution in [2.45, 2.75) is 31.5 Å². The van der Waals surface area contributed by atoms with Crippen LogP contribution in [0.3, 0.4) is 0 Å². The molecule has 2 rings (SSSR count). The van der Waals surface area contributed by atoms with Crippen LogP contribution in [-0.4, -0.2) is 83.7 Å². The zero-order chi connectivity index (χ0) is 25.1. The number of sulfonamides is 1. The van der Waals surface area contributed by atoms with Gasteiger partial charge in [0, 0.05) is 33.2 Å². The number of aliphatic hydroxyl groups excluding tert-OH is 1. The number of carbonyl (C=O) groups excluding carboxylic acids is 1. The number of nitrogens with zero attached hydrogens (tertiary/aromatic N) is 1. The topological polar surface area (TPSA) is 124 Å². The zero-order valence-corrected chi connectivity index (χ0v) is 21.0. The first-order valence-electron chi connectivity index (χ1n) is 11.2. The van der Waals surface area contributed by atoms with Crippen LogP contribution in [0.25, 0.3) is 0 Å². The molecule has 0 fully saturated rings. The number of nitrogens with one attached hydrogen (secondary N) is 1.